The van der Waals surface area contributed by atoms with Crippen molar-refractivity contribution in [3.8, 4) is 0 Å². The molecule has 9 heteroatoms. The van der Waals surface area contributed by atoms with Gasteiger partial charge in [0.2, 0.25) is 5.88 Å². The molecule has 3 heterocycles. The number of nitrogens with one attached hydrogen (secondary N) is 2. The van der Waals surface area contributed by atoms with Crippen molar-refractivity contribution in [3.05, 3.63) is 76.3 Å². The lowest BCUT2D eigenvalue weighted by Gasteiger charge is -2.32. The van der Waals surface area contributed by atoms with Crippen LogP contribution in [0.15, 0.2) is 53.8 Å². The molecule has 0 spiro atoms. The lowest BCUT2D eigenvalue weighted by atomic mass is 9.92. The molecule has 1 amide bonds. The summed E-state index contributed by atoms with van der Waals surface area (Å²) in [6.07, 6.45) is 8.52. The number of hydrogen-bond acceptors (Lipinski definition) is 6. The van der Waals surface area contributed by atoms with E-state index in [9.17, 15) is 9.18 Å². The third kappa shape index (κ3) is 5.03. The van der Waals surface area contributed by atoms with Crippen molar-refractivity contribution in [2.24, 2.45) is 0 Å². The number of nitrogens with zero attached hydrogens (tertiary/aromatic N) is 3. The average Bonchev–Trinajstić information content (AvgIpc) is 2.75. The largest absolute Gasteiger partial charge is 0.388 e. The maximum atomic E-state index is 13.7. The number of allylic oxidation sites excluding steroid dienone is 2. The van der Waals surface area contributed by atoms with Gasteiger partial charge in [-0.25, -0.2) is 9.37 Å². The second-order valence-corrected chi connectivity index (χ2v) is 7.91. The predicted molar refractivity (Wildman–Crippen MR) is 118 cm³/mol. The third-order valence-corrected chi connectivity index (χ3v) is 5.60. The molecule has 0 aliphatic carbocycles. The van der Waals surface area contributed by atoms with Crippen LogP contribution in [0.4, 0.5) is 10.2 Å². The molecule has 0 bridgehead atoms. The van der Waals surface area contributed by atoms with E-state index in [2.05, 4.69) is 20.8 Å². The van der Waals surface area contributed by atoms with Crippen molar-refractivity contribution in [2.45, 2.75) is 32.7 Å². The Labute approximate surface area is 185 Å². The summed E-state index contributed by atoms with van der Waals surface area (Å²) >= 11 is 6.24. The number of hydroxylamine groups is 1. The van der Waals surface area contributed by atoms with Crippen molar-refractivity contribution in [3.63, 3.8) is 0 Å². The number of aromatic nitrogens is 2. The number of rotatable bonds is 7. The molecular formula is C22H25ClFN5O2. The van der Waals surface area contributed by atoms with Gasteiger partial charge in [0.1, 0.15) is 16.7 Å². The van der Waals surface area contributed by atoms with E-state index in [1.807, 2.05) is 37.9 Å². The fourth-order valence-corrected chi connectivity index (χ4v) is 3.25. The lowest BCUT2D eigenvalue weighted by Crippen LogP contribution is -2.41. The maximum Gasteiger partial charge on any atom is 0.258 e. The molecule has 2 aromatic rings. The maximum absolute atomic E-state index is 13.7. The van der Waals surface area contributed by atoms with Crippen LogP contribution in [0, 0.1) is 12.7 Å². The van der Waals surface area contributed by atoms with Gasteiger partial charge in [-0.05, 0) is 38.0 Å². The topological polar surface area (TPSA) is 79.4 Å². The number of carbonyl (C=O) groups is 1. The summed E-state index contributed by atoms with van der Waals surface area (Å²) in [5, 5.41) is 3.18. The summed E-state index contributed by atoms with van der Waals surface area (Å²) < 4.78 is 13.7. The van der Waals surface area contributed by atoms with Gasteiger partial charge in [0.25, 0.3) is 5.91 Å². The first-order valence-corrected chi connectivity index (χ1v) is 10.2. The van der Waals surface area contributed by atoms with E-state index in [4.69, 9.17) is 16.4 Å². The Balaban J connectivity index is 1.72. The summed E-state index contributed by atoms with van der Waals surface area (Å²) in [4.78, 5) is 28.2. The highest BCUT2D eigenvalue weighted by molar-refractivity contribution is 6.31. The van der Waals surface area contributed by atoms with Crippen LogP contribution < -0.4 is 10.8 Å². The van der Waals surface area contributed by atoms with Crippen molar-refractivity contribution >= 4 is 23.3 Å². The predicted octanol–water partition coefficient (Wildman–Crippen LogP) is 4.23. The summed E-state index contributed by atoms with van der Waals surface area (Å²) in [6, 6.07) is 3.53. The summed E-state index contributed by atoms with van der Waals surface area (Å²) in [6.45, 7) is 6.23. The van der Waals surface area contributed by atoms with Crippen molar-refractivity contribution < 1.29 is 14.0 Å². The van der Waals surface area contributed by atoms with E-state index in [0.717, 1.165) is 11.8 Å². The SMILES string of the molecule is CCC(C)(NOC1=C(Cl)C=CCN1C)c1ccc(NC(=O)c2cncc(F)c2C)nc1. The van der Waals surface area contributed by atoms with E-state index >= 15 is 0 Å². The molecular weight excluding hydrogens is 421 g/mol. The van der Waals surface area contributed by atoms with Crippen LogP contribution in [-0.2, 0) is 10.4 Å². The molecule has 2 N–H and O–H groups in total. The van der Waals surface area contributed by atoms with Crippen molar-refractivity contribution in [1.82, 2.24) is 20.3 Å². The fraction of sp³-hybridized carbons (Fsp3) is 0.318. The number of hydrogen-bond donors (Lipinski definition) is 2. The van der Waals surface area contributed by atoms with Gasteiger partial charge in [-0.3, -0.25) is 9.78 Å². The van der Waals surface area contributed by atoms with E-state index in [0.29, 0.717) is 29.7 Å². The van der Waals surface area contributed by atoms with Crippen LogP contribution in [0.1, 0.15) is 41.8 Å². The minimum Gasteiger partial charge on any atom is -0.388 e. The Kier molecular flexibility index (Phi) is 6.92. The summed E-state index contributed by atoms with van der Waals surface area (Å²) in [5.74, 6) is -0.117. The first-order chi connectivity index (χ1) is 14.7. The number of halogens is 2. The van der Waals surface area contributed by atoms with Gasteiger partial charge in [-0.1, -0.05) is 30.7 Å². The van der Waals surface area contributed by atoms with E-state index < -0.39 is 17.3 Å². The van der Waals surface area contributed by atoms with E-state index in [-0.39, 0.29) is 11.1 Å². The molecule has 0 aromatic carbocycles. The molecule has 164 valence electrons. The number of carbonyl (C=O) groups excluding carboxylic acids is 1. The molecule has 0 saturated heterocycles. The monoisotopic (exact) mass is 445 g/mol. The number of likely N-dealkylation sites (N-methyl/N-ethyl adjacent to an activating group) is 1. The Hall–Kier alpha value is -2.97. The van der Waals surface area contributed by atoms with Crippen LogP contribution in [0.2, 0.25) is 0 Å². The second kappa shape index (κ2) is 9.45. The molecule has 31 heavy (non-hydrogen) atoms. The van der Waals surface area contributed by atoms with E-state index in [1.54, 1.807) is 18.3 Å². The van der Waals surface area contributed by atoms with Crippen LogP contribution >= 0.6 is 11.6 Å². The van der Waals surface area contributed by atoms with Crippen LogP contribution in [0.3, 0.4) is 0 Å². The zero-order valence-corrected chi connectivity index (χ0v) is 18.6. The molecule has 2 aromatic heterocycles. The zero-order chi connectivity index (χ0) is 22.6. The minimum absolute atomic E-state index is 0.162. The minimum atomic E-state index is -0.551. The van der Waals surface area contributed by atoms with E-state index in [1.165, 1.54) is 13.1 Å². The molecule has 1 aliphatic heterocycles. The Bertz CT molecular complexity index is 1030. The smallest absolute Gasteiger partial charge is 0.258 e. The molecule has 1 unspecified atom stereocenters. The summed E-state index contributed by atoms with van der Waals surface area (Å²) in [7, 11) is 1.89. The van der Waals surface area contributed by atoms with Gasteiger partial charge >= 0.3 is 0 Å². The van der Waals surface area contributed by atoms with Gasteiger partial charge < -0.3 is 15.1 Å². The first-order valence-electron chi connectivity index (χ1n) is 9.84. The Morgan fingerprint density at radius 1 is 1.35 bits per heavy atom. The first kappa shape index (κ1) is 22.7. The van der Waals surface area contributed by atoms with Crippen molar-refractivity contribution in [2.75, 3.05) is 18.9 Å². The highest BCUT2D eigenvalue weighted by Gasteiger charge is 2.28. The quantitative estimate of drug-likeness (QED) is 0.621. The normalized spacial score (nSPS) is 15.6. The standard InChI is InChI=1S/C22H25ClFN5O2/c1-5-22(3,28-31-21-17(23)7-6-10-29(21)4)15-8-9-19(26-11-15)27-20(30)16-12-25-13-18(24)14(16)2/h6-9,11-13,28H,5,10H2,1-4H3,(H,26,27,30). The van der Waals surface area contributed by atoms with Gasteiger partial charge in [0.05, 0.1) is 17.3 Å². The highest BCUT2D eigenvalue weighted by atomic mass is 35.5. The third-order valence-electron chi connectivity index (χ3n) is 5.32. The van der Waals surface area contributed by atoms with Crippen LogP contribution in [0.5, 0.6) is 0 Å². The zero-order valence-electron chi connectivity index (χ0n) is 17.9. The summed E-state index contributed by atoms with van der Waals surface area (Å²) in [5.41, 5.74) is 3.81. The van der Waals surface area contributed by atoms with Crippen LogP contribution in [-0.4, -0.2) is 34.4 Å². The molecule has 0 fully saturated rings. The lowest BCUT2D eigenvalue weighted by molar-refractivity contribution is -0.00932. The number of anilines is 1. The van der Waals surface area contributed by atoms with Crippen molar-refractivity contribution in [1.29, 1.82) is 0 Å². The molecule has 1 atom stereocenters. The molecule has 1 aliphatic rings. The molecule has 0 radical (unpaired) electrons. The van der Waals surface area contributed by atoms with Crippen LogP contribution in [0.25, 0.3) is 0 Å². The molecule has 3 rings (SSSR count). The highest BCUT2D eigenvalue weighted by Crippen LogP contribution is 2.27. The van der Waals surface area contributed by atoms with Gasteiger partial charge in [-0.2, -0.15) is 0 Å². The number of amides is 1. The average molecular weight is 446 g/mol. The second-order valence-electron chi connectivity index (χ2n) is 7.51. The Morgan fingerprint density at radius 2 is 2.13 bits per heavy atom. The number of pyridine rings is 2. The molecule has 7 nitrogen and oxygen atoms in total. The van der Waals surface area contributed by atoms with Gasteiger partial charge in [0.15, 0.2) is 0 Å². The van der Waals surface area contributed by atoms with Gasteiger partial charge in [-0.15, -0.1) is 5.48 Å². The Morgan fingerprint density at radius 3 is 2.77 bits per heavy atom. The molecule has 0 saturated carbocycles. The fourth-order valence-electron chi connectivity index (χ4n) is 2.98. The van der Waals surface area contributed by atoms with Gasteiger partial charge in [0, 0.05) is 31.5 Å².